The quantitative estimate of drug-likeness (QED) is 0.515. The predicted molar refractivity (Wildman–Crippen MR) is 43.6 cm³/mol. The molecule has 1 aliphatic heterocycles. The lowest BCUT2D eigenvalue weighted by Crippen LogP contribution is -2.27. The number of nitrogens with zero attached hydrogens (tertiary/aromatic N) is 2. The predicted octanol–water partition coefficient (Wildman–Crippen LogP) is 0.773. The average Bonchev–Trinajstić information content (AvgIpc) is 2.20. The van der Waals surface area contributed by atoms with Crippen molar-refractivity contribution in [3.8, 4) is 0 Å². The van der Waals surface area contributed by atoms with Crippen LogP contribution in [0.25, 0.3) is 0 Å². The van der Waals surface area contributed by atoms with Crippen molar-refractivity contribution < 1.29 is 4.58 Å². The van der Waals surface area contributed by atoms with Crippen molar-refractivity contribution in [2.75, 3.05) is 26.7 Å². The molecule has 0 amide bonds. The van der Waals surface area contributed by atoms with Gasteiger partial charge in [0.2, 0.25) is 5.84 Å². The van der Waals surface area contributed by atoms with Crippen LogP contribution >= 0.6 is 0 Å². The average molecular weight is 141 g/mol. The van der Waals surface area contributed by atoms with Crippen LogP contribution in [0.3, 0.4) is 0 Å². The SMILES string of the molecule is CCCN1CC[N+](C)=C1C. The Morgan fingerprint density at radius 2 is 2.30 bits per heavy atom. The van der Waals surface area contributed by atoms with Gasteiger partial charge in [-0.15, -0.1) is 0 Å². The topological polar surface area (TPSA) is 6.25 Å². The molecule has 0 aromatic rings. The second kappa shape index (κ2) is 3.04. The first-order chi connectivity index (χ1) is 4.75. The van der Waals surface area contributed by atoms with Crippen LogP contribution in [0.2, 0.25) is 0 Å². The van der Waals surface area contributed by atoms with Crippen LogP contribution in [0.4, 0.5) is 0 Å². The largest absolute Gasteiger partial charge is 0.265 e. The molecule has 2 heteroatoms. The smallest absolute Gasteiger partial charge is 0.243 e. The molecule has 0 aliphatic carbocycles. The molecule has 1 aliphatic rings. The fourth-order valence-electron chi connectivity index (χ4n) is 1.38. The summed E-state index contributed by atoms with van der Waals surface area (Å²) < 4.78 is 2.32. The van der Waals surface area contributed by atoms with Gasteiger partial charge in [0.25, 0.3) is 0 Å². The van der Waals surface area contributed by atoms with Gasteiger partial charge < -0.3 is 0 Å². The Morgan fingerprint density at radius 3 is 2.70 bits per heavy atom. The summed E-state index contributed by atoms with van der Waals surface area (Å²) in [5, 5.41) is 0. The Kier molecular flexibility index (Phi) is 2.30. The summed E-state index contributed by atoms with van der Waals surface area (Å²) in [7, 11) is 2.16. The zero-order chi connectivity index (χ0) is 7.56. The molecule has 0 saturated heterocycles. The summed E-state index contributed by atoms with van der Waals surface area (Å²) >= 11 is 0. The van der Waals surface area contributed by atoms with Gasteiger partial charge >= 0.3 is 0 Å². The minimum atomic E-state index is 1.20. The lowest BCUT2D eigenvalue weighted by atomic mass is 10.4. The van der Waals surface area contributed by atoms with Crippen molar-refractivity contribution in [2.24, 2.45) is 0 Å². The van der Waals surface area contributed by atoms with Gasteiger partial charge in [0.05, 0.1) is 13.6 Å². The third-order valence-corrected chi connectivity index (χ3v) is 2.21. The van der Waals surface area contributed by atoms with Gasteiger partial charge in [0.1, 0.15) is 13.1 Å². The maximum Gasteiger partial charge on any atom is 0.243 e. The number of amidine groups is 1. The van der Waals surface area contributed by atoms with E-state index in [-0.39, 0.29) is 0 Å². The number of hydrogen-bond donors (Lipinski definition) is 0. The molecule has 10 heavy (non-hydrogen) atoms. The second-order valence-electron chi connectivity index (χ2n) is 2.96. The third-order valence-electron chi connectivity index (χ3n) is 2.21. The maximum absolute atomic E-state index is 2.44. The Balaban J connectivity index is 2.50. The van der Waals surface area contributed by atoms with E-state index < -0.39 is 0 Å². The summed E-state index contributed by atoms with van der Waals surface area (Å²) in [5.74, 6) is 1.43. The first-order valence-electron chi connectivity index (χ1n) is 4.05. The molecule has 0 aromatic carbocycles. The first-order valence-corrected chi connectivity index (χ1v) is 4.05. The fourth-order valence-corrected chi connectivity index (χ4v) is 1.38. The summed E-state index contributed by atoms with van der Waals surface area (Å²) in [6, 6.07) is 0. The van der Waals surface area contributed by atoms with Crippen LogP contribution in [0.5, 0.6) is 0 Å². The zero-order valence-electron chi connectivity index (χ0n) is 7.22. The highest BCUT2D eigenvalue weighted by Gasteiger charge is 2.22. The van der Waals surface area contributed by atoms with Crippen LogP contribution < -0.4 is 0 Å². The molecule has 1 heterocycles. The maximum atomic E-state index is 2.44. The number of rotatable bonds is 2. The Labute approximate surface area is 63.2 Å². The lowest BCUT2D eigenvalue weighted by Gasteiger charge is -2.07. The lowest BCUT2D eigenvalue weighted by molar-refractivity contribution is -0.487. The molecule has 0 atom stereocenters. The van der Waals surface area contributed by atoms with Gasteiger partial charge in [-0.05, 0) is 6.42 Å². The van der Waals surface area contributed by atoms with Crippen molar-refractivity contribution in [3.05, 3.63) is 0 Å². The van der Waals surface area contributed by atoms with E-state index in [2.05, 4.69) is 30.4 Å². The molecule has 0 unspecified atom stereocenters. The van der Waals surface area contributed by atoms with Crippen LogP contribution in [0.15, 0.2) is 0 Å². The summed E-state index contributed by atoms with van der Waals surface area (Å²) in [4.78, 5) is 2.44. The highest BCUT2D eigenvalue weighted by atomic mass is 15.3. The number of hydrogen-bond acceptors (Lipinski definition) is 1. The minimum absolute atomic E-state index is 1.20. The van der Waals surface area contributed by atoms with E-state index in [1.165, 1.54) is 31.9 Å². The number of likely N-dealkylation sites (N-methyl/N-ethyl adjacent to an activating group) is 1. The van der Waals surface area contributed by atoms with E-state index in [1.807, 2.05) is 0 Å². The molecule has 0 N–H and O–H groups in total. The molecule has 0 radical (unpaired) electrons. The van der Waals surface area contributed by atoms with Crippen molar-refractivity contribution >= 4 is 5.84 Å². The molecular weight excluding hydrogens is 124 g/mol. The van der Waals surface area contributed by atoms with Crippen LogP contribution in [0, 0.1) is 0 Å². The van der Waals surface area contributed by atoms with Gasteiger partial charge in [-0.3, -0.25) is 9.48 Å². The first kappa shape index (κ1) is 7.58. The zero-order valence-corrected chi connectivity index (χ0v) is 7.22. The summed E-state index contributed by atoms with van der Waals surface area (Å²) in [6.07, 6.45) is 1.26. The van der Waals surface area contributed by atoms with Crippen molar-refractivity contribution in [1.29, 1.82) is 0 Å². The third kappa shape index (κ3) is 1.31. The summed E-state index contributed by atoms with van der Waals surface area (Å²) in [6.45, 7) is 8.06. The molecule has 58 valence electrons. The van der Waals surface area contributed by atoms with E-state index >= 15 is 0 Å². The van der Waals surface area contributed by atoms with E-state index in [1.54, 1.807) is 0 Å². The van der Waals surface area contributed by atoms with Gasteiger partial charge in [-0.2, -0.15) is 0 Å². The standard InChI is InChI=1S/C8H17N2/c1-4-5-10-7-6-9(3)8(10)2/h4-7H2,1-3H3/q+1. The normalized spacial score (nSPS) is 18.9. The molecule has 0 bridgehead atoms. The van der Waals surface area contributed by atoms with E-state index in [4.69, 9.17) is 0 Å². The van der Waals surface area contributed by atoms with E-state index in [0.717, 1.165) is 0 Å². The van der Waals surface area contributed by atoms with E-state index in [0.29, 0.717) is 0 Å². The van der Waals surface area contributed by atoms with Crippen molar-refractivity contribution in [1.82, 2.24) is 4.90 Å². The van der Waals surface area contributed by atoms with Crippen LogP contribution in [-0.4, -0.2) is 42.0 Å². The Morgan fingerprint density at radius 1 is 1.60 bits per heavy atom. The van der Waals surface area contributed by atoms with Gasteiger partial charge in [-0.25, -0.2) is 0 Å². The molecule has 1 rings (SSSR count). The molecular formula is C8H17N2+. The van der Waals surface area contributed by atoms with Crippen molar-refractivity contribution in [2.45, 2.75) is 20.3 Å². The van der Waals surface area contributed by atoms with Crippen LogP contribution in [-0.2, 0) is 0 Å². The van der Waals surface area contributed by atoms with Gasteiger partial charge in [0.15, 0.2) is 0 Å². The van der Waals surface area contributed by atoms with Crippen molar-refractivity contribution in [3.63, 3.8) is 0 Å². The Hall–Kier alpha value is -0.530. The minimum Gasteiger partial charge on any atom is -0.265 e. The van der Waals surface area contributed by atoms with E-state index in [9.17, 15) is 0 Å². The Bertz CT molecular complexity index is 149. The molecule has 0 spiro atoms. The highest BCUT2D eigenvalue weighted by Crippen LogP contribution is 1.99. The molecule has 0 fully saturated rings. The monoisotopic (exact) mass is 141 g/mol. The van der Waals surface area contributed by atoms with Gasteiger partial charge in [0, 0.05) is 6.92 Å². The fraction of sp³-hybridized carbons (Fsp3) is 0.875. The molecule has 0 aromatic heterocycles. The van der Waals surface area contributed by atoms with Crippen LogP contribution in [0.1, 0.15) is 20.3 Å². The molecule has 0 saturated carbocycles. The highest BCUT2D eigenvalue weighted by molar-refractivity contribution is 5.75. The second-order valence-corrected chi connectivity index (χ2v) is 2.96. The molecule has 2 nitrogen and oxygen atoms in total. The van der Waals surface area contributed by atoms with Gasteiger partial charge in [-0.1, -0.05) is 6.92 Å². The summed E-state index contributed by atoms with van der Waals surface area (Å²) in [5.41, 5.74) is 0.